The zero-order chi connectivity index (χ0) is 9.14. The van der Waals surface area contributed by atoms with Crippen LogP contribution < -0.4 is 0 Å². The highest BCUT2D eigenvalue weighted by Gasteiger charge is 2.13. The van der Waals surface area contributed by atoms with E-state index in [0.29, 0.717) is 0 Å². The van der Waals surface area contributed by atoms with Crippen molar-refractivity contribution in [3.05, 3.63) is 18.2 Å². The van der Waals surface area contributed by atoms with Crippen LogP contribution in [0, 0.1) is 0 Å². The number of carbonyl (C=O) groups is 1. The summed E-state index contributed by atoms with van der Waals surface area (Å²) >= 11 is 0. The summed E-state index contributed by atoms with van der Waals surface area (Å²) in [6, 6.07) is 0. The summed E-state index contributed by atoms with van der Waals surface area (Å²) < 4.78 is 1.84. The lowest BCUT2D eigenvalue weighted by Gasteiger charge is -2.07. The fraction of sp³-hybridized carbons (Fsp3) is 0.500. The largest absolute Gasteiger partial charge is 0.481 e. The van der Waals surface area contributed by atoms with Gasteiger partial charge in [-0.1, -0.05) is 6.92 Å². The molecule has 0 fully saturated rings. The van der Waals surface area contributed by atoms with Crippen LogP contribution in [0.15, 0.2) is 12.4 Å². The topological polar surface area (TPSA) is 55.1 Å². The molecule has 12 heavy (non-hydrogen) atoms. The molecule has 1 aromatic rings. The molecule has 4 heteroatoms. The predicted molar refractivity (Wildman–Crippen MR) is 43.9 cm³/mol. The van der Waals surface area contributed by atoms with Gasteiger partial charge < -0.3 is 9.67 Å². The third kappa shape index (κ3) is 1.84. The average molecular weight is 168 g/mol. The number of rotatable bonds is 3. The Kier molecular flexibility index (Phi) is 2.47. The highest BCUT2D eigenvalue weighted by atomic mass is 16.4. The standard InChI is InChI=1S/C8H12N2O2/c1-6(5-7(11)12)8-9-3-4-10(8)2/h3-4,6H,5H2,1-2H3,(H,11,12). The molecule has 1 N–H and O–H groups in total. The summed E-state index contributed by atoms with van der Waals surface area (Å²) in [5, 5.41) is 8.54. The van der Waals surface area contributed by atoms with Gasteiger partial charge in [0, 0.05) is 25.4 Å². The van der Waals surface area contributed by atoms with Crippen molar-refractivity contribution in [1.29, 1.82) is 0 Å². The molecule has 1 atom stereocenters. The van der Waals surface area contributed by atoms with Crippen molar-refractivity contribution in [2.24, 2.45) is 7.05 Å². The van der Waals surface area contributed by atoms with Gasteiger partial charge in [0.05, 0.1) is 6.42 Å². The first kappa shape index (κ1) is 8.77. The lowest BCUT2D eigenvalue weighted by molar-refractivity contribution is -0.137. The van der Waals surface area contributed by atoms with Crippen molar-refractivity contribution >= 4 is 5.97 Å². The molecule has 1 unspecified atom stereocenters. The average Bonchev–Trinajstić information content (AvgIpc) is 2.33. The molecule has 0 saturated carbocycles. The second-order valence-electron chi connectivity index (χ2n) is 2.90. The molecule has 0 aliphatic rings. The van der Waals surface area contributed by atoms with E-state index in [1.165, 1.54) is 0 Å². The second-order valence-corrected chi connectivity index (χ2v) is 2.90. The normalized spacial score (nSPS) is 12.8. The van der Waals surface area contributed by atoms with Crippen molar-refractivity contribution in [3.8, 4) is 0 Å². The van der Waals surface area contributed by atoms with Gasteiger partial charge in [0.1, 0.15) is 5.82 Å². The van der Waals surface area contributed by atoms with E-state index >= 15 is 0 Å². The number of aliphatic carboxylic acids is 1. The fourth-order valence-corrected chi connectivity index (χ4v) is 1.21. The summed E-state index contributed by atoms with van der Waals surface area (Å²) in [5.41, 5.74) is 0. The van der Waals surface area contributed by atoms with Gasteiger partial charge in [-0.15, -0.1) is 0 Å². The van der Waals surface area contributed by atoms with Crippen LogP contribution in [0.1, 0.15) is 25.1 Å². The SMILES string of the molecule is CC(CC(=O)O)c1nccn1C. The first-order chi connectivity index (χ1) is 5.61. The summed E-state index contributed by atoms with van der Waals surface area (Å²) in [4.78, 5) is 14.4. The zero-order valence-corrected chi connectivity index (χ0v) is 7.19. The van der Waals surface area contributed by atoms with Gasteiger partial charge in [-0.3, -0.25) is 4.79 Å². The van der Waals surface area contributed by atoms with Crippen LogP contribution in [-0.2, 0) is 11.8 Å². The molecular weight excluding hydrogens is 156 g/mol. The van der Waals surface area contributed by atoms with Crippen molar-refractivity contribution in [2.45, 2.75) is 19.3 Å². The molecular formula is C8H12N2O2. The van der Waals surface area contributed by atoms with Gasteiger partial charge in [-0.2, -0.15) is 0 Å². The van der Waals surface area contributed by atoms with Gasteiger partial charge in [-0.25, -0.2) is 4.98 Å². The van der Waals surface area contributed by atoms with Crippen LogP contribution in [0.5, 0.6) is 0 Å². The molecule has 4 nitrogen and oxygen atoms in total. The quantitative estimate of drug-likeness (QED) is 0.732. The zero-order valence-electron chi connectivity index (χ0n) is 7.19. The molecule has 0 aliphatic heterocycles. The van der Waals surface area contributed by atoms with E-state index < -0.39 is 5.97 Å². The van der Waals surface area contributed by atoms with Crippen molar-refractivity contribution in [1.82, 2.24) is 9.55 Å². The molecule has 1 aromatic heterocycles. The van der Waals surface area contributed by atoms with Crippen molar-refractivity contribution in [2.75, 3.05) is 0 Å². The summed E-state index contributed by atoms with van der Waals surface area (Å²) in [6.07, 6.45) is 3.62. The van der Waals surface area contributed by atoms with E-state index in [0.717, 1.165) is 5.82 Å². The van der Waals surface area contributed by atoms with Crippen LogP contribution in [0.25, 0.3) is 0 Å². The second kappa shape index (κ2) is 3.38. The van der Waals surface area contributed by atoms with E-state index in [1.807, 2.05) is 24.7 Å². The molecule has 0 amide bonds. The lowest BCUT2D eigenvalue weighted by atomic mass is 10.1. The van der Waals surface area contributed by atoms with Gasteiger partial charge in [0.25, 0.3) is 0 Å². The van der Waals surface area contributed by atoms with E-state index in [4.69, 9.17) is 5.11 Å². The molecule has 0 bridgehead atoms. The Labute approximate surface area is 70.9 Å². The highest BCUT2D eigenvalue weighted by Crippen LogP contribution is 2.15. The van der Waals surface area contributed by atoms with Gasteiger partial charge in [-0.05, 0) is 0 Å². The molecule has 0 radical (unpaired) electrons. The third-order valence-electron chi connectivity index (χ3n) is 1.78. The number of carboxylic acid groups (broad SMARTS) is 1. The van der Waals surface area contributed by atoms with Gasteiger partial charge in [0.15, 0.2) is 0 Å². The monoisotopic (exact) mass is 168 g/mol. The number of aromatic nitrogens is 2. The molecule has 66 valence electrons. The number of aryl methyl sites for hydroxylation is 1. The first-order valence-corrected chi connectivity index (χ1v) is 3.80. The number of nitrogens with zero attached hydrogens (tertiary/aromatic N) is 2. The lowest BCUT2D eigenvalue weighted by Crippen LogP contribution is -2.07. The number of hydrogen-bond acceptors (Lipinski definition) is 2. The Morgan fingerprint density at radius 3 is 2.92 bits per heavy atom. The molecule has 0 aliphatic carbocycles. The fourth-order valence-electron chi connectivity index (χ4n) is 1.21. The Hall–Kier alpha value is -1.32. The maximum atomic E-state index is 10.4. The van der Waals surface area contributed by atoms with Crippen LogP contribution in [-0.4, -0.2) is 20.6 Å². The van der Waals surface area contributed by atoms with Gasteiger partial charge in [0.2, 0.25) is 0 Å². The van der Waals surface area contributed by atoms with Crippen LogP contribution in [0.4, 0.5) is 0 Å². The first-order valence-electron chi connectivity index (χ1n) is 3.80. The van der Waals surface area contributed by atoms with E-state index in [9.17, 15) is 4.79 Å². The maximum absolute atomic E-state index is 10.4. The minimum absolute atomic E-state index is 0.0255. The summed E-state index contributed by atoms with van der Waals surface area (Å²) in [6.45, 7) is 1.86. The van der Waals surface area contributed by atoms with Crippen LogP contribution in [0.2, 0.25) is 0 Å². The molecule has 0 aromatic carbocycles. The Balaban J connectivity index is 2.71. The minimum Gasteiger partial charge on any atom is -0.481 e. The smallest absolute Gasteiger partial charge is 0.304 e. The summed E-state index contributed by atoms with van der Waals surface area (Å²) in [5.74, 6) is 0.00500. The number of carboxylic acids is 1. The van der Waals surface area contributed by atoms with E-state index in [1.54, 1.807) is 6.20 Å². The van der Waals surface area contributed by atoms with Crippen molar-refractivity contribution < 1.29 is 9.90 Å². The number of hydrogen-bond donors (Lipinski definition) is 1. The van der Waals surface area contributed by atoms with Gasteiger partial charge >= 0.3 is 5.97 Å². The number of imidazole rings is 1. The third-order valence-corrected chi connectivity index (χ3v) is 1.78. The Bertz CT molecular complexity index is 280. The Morgan fingerprint density at radius 1 is 1.83 bits per heavy atom. The van der Waals surface area contributed by atoms with Crippen molar-refractivity contribution in [3.63, 3.8) is 0 Å². The van der Waals surface area contributed by atoms with Crippen LogP contribution in [0.3, 0.4) is 0 Å². The molecule has 1 heterocycles. The maximum Gasteiger partial charge on any atom is 0.304 e. The van der Waals surface area contributed by atoms with E-state index in [2.05, 4.69) is 4.98 Å². The van der Waals surface area contributed by atoms with E-state index in [-0.39, 0.29) is 12.3 Å². The molecule has 1 rings (SSSR count). The Morgan fingerprint density at radius 2 is 2.50 bits per heavy atom. The van der Waals surface area contributed by atoms with Crippen LogP contribution >= 0.6 is 0 Å². The predicted octanol–water partition coefficient (Wildman–Crippen LogP) is 0.998. The molecule has 0 spiro atoms. The summed E-state index contributed by atoms with van der Waals surface area (Å²) in [7, 11) is 1.86. The molecule has 0 saturated heterocycles. The highest BCUT2D eigenvalue weighted by molar-refractivity contribution is 5.67. The minimum atomic E-state index is -0.787.